The lowest BCUT2D eigenvalue weighted by molar-refractivity contribution is -0.697. The zero-order valence-corrected chi connectivity index (χ0v) is 10.4. The van der Waals surface area contributed by atoms with E-state index < -0.39 is 5.92 Å². The van der Waals surface area contributed by atoms with Crippen molar-refractivity contribution in [2.24, 2.45) is 0 Å². The molecule has 1 rings (SSSR count). The van der Waals surface area contributed by atoms with Gasteiger partial charge in [0, 0.05) is 25.0 Å². The van der Waals surface area contributed by atoms with Crippen LogP contribution in [0.2, 0.25) is 0 Å². The molecule has 0 radical (unpaired) electrons. The Labute approximate surface area is 99.9 Å². The summed E-state index contributed by atoms with van der Waals surface area (Å²) in [6.07, 6.45) is 5.26. The highest BCUT2D eigenvalue weighted by atomic mass is 79.9. The summed E-state index contributed by atoms with van der Waals surface area (Å²) in [7, 11) is 0. The topological polar surface area (TPSA) is 3.88 Å². The smallest absolute Gasteiger partial charge is 0.245 e. The van der Waals surface area contributed by atoms with Crippen LogP contribution in [-0.2, 0) is 6.54 Å². The van der Waals surface area contributed by atoms with E-state index in [9.17, 15) is 8.78 Å². The van der Waals surface area contributed by atoms with Crippen LogP contribution in [0.25, 0.3) is 0 Å². The molecule has 0 bridgehead atoms. The van der Waals surface area contributed by atoms with Crippen molar-refractivity contribution in [2.45, 2.75) is 38.7 Å². The van der Waals surface area contributed by atoms with Gasteiger partial charge in [0.15, 0.2) is 12.4 Å². The molecule has 0 unspecified atom stereocenters. The van der Waals surface area contributed by atoms with Crippen molar-refractivity contribution < 1.29 is 30.3 Å². The number of aromatic nitrogens is 1. The minimum absolute atomic E-state index is 0. The zero-order chi connectivity index (χ0) is 10.4. The molecule has 0 aliphatic carbocycles. The molecular weight excluding hydrogens is 264 g/mol. The van der Waals surface area contributed by atoms with E-state index >= 15 is 0 Å². The number of unbranched alkanes of at least 4 members (excludes halogenated alkanes) is 1. The van der Waals surface area contributed by atoms with E-state index in [1.54, 1.807) is 0 Å². The maximum atomic E-state index is 12.4. The van der Waals surface area contributed by atoms with Crippen LogP contribution < -0.4 is 21.5 Å². The molecule has 4 heteroatoms. The number of rotatable bonds is 5. The number of halogens is 3. The molecule has 0 aliphatic heterocycles. The molecule has 86 valence electrons. The molecular formula is C11H16BrF2N. The highest BCUT2D eigenvalue weighted by Crippen LogP contribution is 2.19. The molecule has 0 aromatic carbocycles. The van der Waals surface area contributed by atoms with Gasteiger partial charge in [0.2, 0.25) is 5.92 Å². The molecule has 15 heavy (non-hydrogen) atoms. The van der Waals surface area contributed by atoms with Crippen molar-refractivity contribution in [3.8, 4) is 0 Å². The van der Waals surface area contributed by atoms with Gasteiger partial charge >= 0.3 is 0 Å². The number of aryl methyl sites for hydroxylation is 1. The second-order valence-corrected chi connectivity index (χ2v) is 3.64. The van der Waals surface area contributed by atoms with E-state index in [2.05, 4.69) is 0 Å². The summed E-state index contributed by atoms with van der Waals surface area (Å²) in [5.74, 6) is -2.51. The van der Waals surface area contributed by atoms with Gasteiger partial charge < -0.3 is 17.0 Å². The lowest BCUT2D eigenvalue weighted by atomic mass is 10.1. The fourth-order valence-corrected chi connectivity index (χ4v) is 1.31. The van der Waals surface area contributed by atoms with E-state index in [4.69, 9.17) is 0 Å². The van der Waals surface area contributed by atoms with Crippen LogP contribution >= 0.6 is 0 Å². The third-order valence-electron chi connectivity index (χ3n) is 2.06. The van der Waals surface area contributed by atoms with Gasteiger partial charge in [-0.1, -0.05) is 6.07 Å². The van der Waals surface area contributed by atoms with Crippen LogP contribution in [0.5, 0.6) is 0 Å². The Morgan fingerprint density at radius 2 is 1.67 bits per heavy atom. The molecule has 0 atom stereocenters. The van der Waals surface area contributed by atoms with Gasteiger partial charge in [0.05, 0.1) is 0 Å². The molecule has 1 aromatic heterocycles. The normalized spacial score (nSPS) is 10.9. The van der Waals surface area contributed by atoms with Crippen LogP contribution in [0.15, 0.2) is 30.6 Å². The first-order valence-corrected chi connectivity index (χ1v) is 4.90. The van der Waals surface area contributed by atoms with Gasteiger partial charge in [0.25, 0.3) is 0 Å². The predicted molar refractivity (Wildman–Crippen MR) is 51.1 cm³/mol. The first-order valence-electron chi connectivity index (χ1n) is 4.90. The Morgan fingerprint density at radius 1 is 1.07 bits per heavy atom. The second-order valence-electron chi connectivity index (χ2n) is 3.64. The highest BCUT2D eigenvalue weighted by Gasteiger charge is 2.19. The zero-order valence-electron chi connectivity index (χ0n) is 8.80. The molecule has 1 heterocycles. The lowest BCUT2D eigenvalue weighted by Gasteiger charge is -2.07. The van der Waals surface area contributed by atoms with E-state index in [1.165, 1.54) is 0 Å². The number of hydrogen-bond donors (Lipinski definition) is 0. The molecule has 1 nitrogen and oxygen atoms in total. The van der Waals surface area contributed by atoms with Gasteiger partial charge in [-0.3, -0.25) is 0 Å². The van der Waals surface area contributed by atoms with Crippen LogP contribution in [0.4, 0.5) is 8.78 Å². The molecule has 0 fully saturated rings. The quantitative estimate of drug-likeness (QED) is 0.520. The van der Waals surface area contributed by atoms with Gasteiger partial charge in [-0.05, 0) is 13.3 Å². The van der Waals surface area contributed by atoms with E-state index in [0.717, 1.165) is 19.9 Å². The summed E-state index contributed by atoms with van der Waals surface area (Å²) in [4.78, 5) is 0. The van der Waals surface area contributed by atoms with E-state index in [0.29, 0.717) is 6.42 Å². The van der Waals surface area contributed by atoms with Gasteiger partial charge in [-0.25, -0.2) is 13.3 Å². The summed E-state index contributed by atoms with van der Waals surface area (Å²) < 4.78 is 26.9. The van der Waals surface area contributed by atoms with Crippen molar-refractivity contribution in [3.63, 3.8) is 0 Å². The average molecular weight is 280 g/mol. The van der Waals surface area contributed by atoms with Gasteiger partial charge in [0.1, 0.15) is 6.54 Å². The number of alkyl halides is 2. The Kier molecular flexibility index (Phi) is 6.65. The third-order valence-corrected chi connectivity index (χ3v) is 2.06. The van der Waals surface area contributed by atoms with E-state index in [1.807, 2.05) is 35.2 Å². The Balaban J connectivity index is 0.00000196. The number of pyridine rings is 1. The molecule has 0 saturated heterocycles. The van der Waals surface area contributed by atoms with Gasteiger partial charge in [-0.15, -0.1) is 0 Å². The second kappa shape index (κ2) is 6.88. The summed E-state index contributed by atoms with van der Waals surface area (Å²) in [5, 5.41) is 0. The summed E-state index contributed by atoms with van der Waals surface area (Å²) in [5.41, 5.74) is 0. The third kappa shape index (κ3) is 7.42. The van der Waals surface area contributed by atoms with Crippen molar-refractivity contribution in [1.29, 1.82) is 0 Å². The van der Waals surface area contributed by atoms with Crippen LogP contribution in [0, 0.1) is 0 Å². The SMILES string of the molecule is CC(F)(F)CCCC[n+]1ccccc1.[Br-]. The molecule has 0 saturated carbocycles. The summed E-state index contributed by atoms with van der Waals surface area (Å²) >= 11 is 0. The van der Waals surface area contributed by atoms with Crippen molar-refractivity contribution >= 4 is 0 Å². The standard InChI is InChI=1S/C11H16F2N.BrH/c1-11(12,13)7-3-6-10-14-8-4-2-5-9-14;/h2,4-5,8-9H,3,6-7,10H2,1H3;1H/q+1;/p-1. The molecule has 0 amide bonds. The monoisotopic (exact) mass is 279 g/mol. The first-order chi connectivity index (χ1) is 6.58. The predicted octanol–water partition coefficient (Wildman–Crippen LogP) is -0.196. The molecule has 0 aliphatic rings. The Bertz CT molecular complexity index is 259. The molecule has 0 N–H and O–H groups in total. The fourth-order valence-electron chi connectivity index (χ4n) is 1.31. The molecule has 0 spiro atoms. The Morgan fingerprint density at radius 3 is 2.20 bits per heavy atom. The van der Waals surface area contributed by atoms with Crippen molar-refractivity contribution in [3.05, 3.63) is 30.6 Å². The Hall–Kier alpha value is -0.510. The van der Waals surface area contributed by atoms with Crippen LogP contribution in [0.1, 0.15) is 26.2 Å². The maximum Gasteiger partial charge on any atom is 0.245 e. The van der Waals surface area contributed by atoms with E-state index in [-0.39, 0.29) is 23.4 Å². The largest absolute Gasteiger partial charge is 1.00 e. The van der Waals surface area contributed by atoms with Crippen LogP contribution in [0.3, 0.4) is 0 Å². The first kappa shape index (κ1) is 14.5. The summed E-state index contributed by atoms with van der Waals surface area (Å²) in [6.45, 7) is 1.79. The summed E-state index contributed by atoms with van der Waals surface area (Å²) in [6, 6.07) is 5.82. The number of hydrogen-bond acceptors (Lipinski definition) is 0. The molecule has 1 aromatic rings. The average Bonchev–Trinajstić information content (AvgIpc) is 2.13. The van der Waals surface area contributed by atoms with Crippen molar-refractivity contribution in [2.75, 3.05) is 0 Å². The minimum Gasteiger partial charge on any atom is -1.00 e. The number of nitrogens with zero attached hydrogens (tertiary/aromatic N) is 1. The van der Waals surface area contributed by atoms with Crippen molar-refractivity contribution in [1.82, 2.24) is 0 Å². The maximum absolute atomic E-state index is 12.4. The minimum atomic E-state index is -2.51. The van der Waals surface area contributed by atoms with Crippen LogP contribution in [-0.4, -0.2) is 5.92 Å². The highest BCUT2D eigenvalue weighted by molar-refractivity contribution is 4.83. The van der Waals surface area contributed by atoms with Gasteiger partial charge in [-0.2, -0.15) is 0 Å². The fraction of sp³-hybridized carbons (Fsp3) is 0.545. The lowest BCUT2D eigenvalue weighted by Crippen LogP contribution is -3.00.